The number of hydrogen-bond acceptors (Lipinski definition) is 7. The van der Waals surface area contributed by atoms with Crippen molar-refractivity contribution in [1.29, 1.82) is 0 Å². The zero-order valence-electron chi connectivity index (χ0n) is 15.8. The van der Waals surface area contributed by atoms with Crippen LogP contribution in [0.1, 0.15) is 19.3 Å². The van der Waals surface area contributed by atoms with Crippen LogP contribution in [-0.2, 0) is 0 Å². The van der Waals surface area contributed by atoms with Crippen LogP contribution in [0.3, 0.4) is 0 Å². The largest absolute Gasteiger partial charge is 0.371 e. The van der Waals surface area contributed by atoms with Gasteiger partial charge in [0, 0.05) is 30.9 Å². The molecule has 1 fully saturated rings. The summed E-state index contributed by atoms with van der Waals surface area (Å²) in [6.07, 6.45) is 3.99. The molecule has 0 spiro atoms. The highest BCUT2D eigenvalue weighted by atomic mass is 35.7. The third kappa shape index (κ3) is 5.60. The molecule has 0 bridgehead atoms. The molecule has 7 nitrogen and oxygen atoms in total. The van der Waals surface area contributed by atoms with E-state index in [2.05, 4.69) is 60.0 Å². The second-order valence-corrected chi connectivity index (χ2v) is 8.68. The minimum atomic E-state index is -4.94. The minimum Gasteiger partial charge on any atom is -0.371 e. The van der Waals surface area contributed by atoms with E-state index in [4.69, 9.17) is 23.6 Å². The monoisotopic (exact) mass is 423 g/mol. The van der Waals surface area contributed by atoms with Crippen molar-refractivity contribution in [3.05, 3.63) is 41.8 Å². The van der Waals surface area contributed by atoms with Crippen LogP contribution in [0, 0.1) is 10.2 Å². The van der Waals surface area contributed by atoms with E-state index in [9.17, 15) is 0 Å². The summed E-state index contributed by atoms with van der Waals surface area (Å²) in [7, 11) is -0.788. The van der Waals surface area contributed by atoms with Crippen LogP contribution >= 0.6 is 11.3 Å². The molecule has 0 unspecified atom stereocenters. The lowest BCUT2D eigenvalue weighted by Crippen LogP contribution is -2.68. The molecule has 0 aromatic heterocycles. The highest BCUT2D eigenvalue weighted by Gasteiger charge is 2.13. The Morgan fingerprint density at radius 2 is 1.64 bits per heavy atom. The van der Waals surface area contributed by atoms with Gasteiger partial charge in [-0.1, -0.05) is 0 Å². The average molecular weight is 424 g/mol. The van der Waals surface area contributed by atoms with Crippen molar-refractivity contribution in [1.82, 2.24) is 9.56 Å². The molecule has 0 radical (unpaired) electrons. The van der Waals surface area contributed by atoms with Gasteiger partial charge in [0.25, 0.3) is 0 Å². The second kappa shape index (κ2) is 8.69. The standard InChI is InChI=1S/C19H22N3S.ClHO4/c1-21(2)14-6-8-16-18(12-14)23-19-13-15(7-9-17(19)20-16)22-10-4-3-5-11-22;2-1(3,4)5/h6-9,12-13H,3-5,10-11H2,1-2H3;(H,2,3,4,5)/q+1;/p-1. The lowest BCUT2D eigenvalue weighted by atomic mass is 10.1. The van der Waals surface area contributed by atoms with Gasteiger partial charge in [-0.15, -0.1) is 21.6 Å². The molecule has 1 saturated heterocycles. The van der Waals surface area contributed by atoms with Crippen molar-refractivity contribution in [3.63, 3.8) is 0 Å². The summed E-state index contributed by atoms with van der Waals surface area (Å²) < 4.78 is 37.4. The number of fused-ring (bicyclic) bond motifs is 2. The van der Waals surface area contributed by atoms with Crippen LogP contribution in [0.4, 0.5) is 5.69 Å². The lowest BCUT2D eigenvalue weighted by Gasteiger charge is -2.28. The molecule has 0 atom stereocenters. The van der Waals surface area contributed by atoms with Crippen LogP contribution in [-0.4, -0.2) is 32.2 Å². The van der Waals surface area contributed by atoms with Gasteiger partial charge in [0.05, 0.1) is 20.8 Å². The molecule has 2 heterocycles. The number of benzene rings is 2. The molecule has 9 heteroatoms. The molecule has 1 aromatic rings. The van der Waals surface area contributed by atoms with Crippen molar-refractivity contribution in [2.45, 2.75) is 19.3 Å². The Hall–Kier alpha value is -1.81. The maximum absolute atomic E-state index is 8.49. The van der Waals surface area contributed by atoms with Crippen molar-refractivity contribution in [2.75, 3.05) is 32.1 Å². The number of hydrogen-bond donors (Lipinski definition) is 0. The topological polar surface area (TPSA) is 111 Å². The molecule has 1 aliphatic carbocycles. The molecule has 28 heavy (non-hydrogen) atoms. The van der Waals surface area contributed by atoms with Crippen molar-refractivity contribution in [2.24, 2.45) is 0 Å². The Bertz CT molecular complexity index is 986. The van der Waals surface area contributed by atoms with E-state index < -0.39 is 10.2 Å². The van der Waals surface area contributed by atoms with Gasteiger partial charge in [-0.25, -0.2) is 28.2 Å². The maximum atomic E-state index is 8.49. The Labute approximate surface area is 169 Å². The number of rotatable bonds is 1. The third-order valence-electron chi connectivity index (χ3n) is 4.59. The maximum Gasteiger partial charge on any atom is 0.201 e. The van der Waals surface area contributed by atoms with E-state index >= 15 is 0 Å². The van der Waals surface area contributed by atoms with Gasteiger partial charge in [-0.05, 0) is 43.5 Å². The molecule has 3 aliphatic rings. The molecule has 1 aromatic carbocycles. The fraction of sp³-hybridized carbons (Fsp3) is 0.368. The summed E-state index contributed by atoms with van der Waals surface area (Å²) in [6.45, 7) is 2.37. The van der Waals surface area contributed by atoms with Crippen molar-refractivity contribution < 1.29 is 28.9 Å². The van der Waals surface area contributed by atoms with E-state index in [1.165, 1.54) is 53.0 Å². The Kier molecular flexibility index (Phi) is 6.49. The summed E-state index contributed by atoms with van der Waals surface area (Å²) in [5.74, 6) is 0. The van der Waals surface area contributed by atoms with Gasteiger partial charge >= 0.3 is 0 Å². The van der Waals surface area contributed by atoms with Gasteiger partial charge < -0.3 is 4.90 Å². The molecule has 0 N–H and O–H groups in total. The fourth-order valence-electron chi connectivity index (χ4n) is 3.23. The summed E-state index contributed by atoms with van der Waals surface area (Å²) in [4.78, 5) is 8.60. The predicted octanol–water partition coefficient (Wildman–Crippen LogP) is -1.33. The summed E-state index contributed by atoms with van der Waals surface area (Å²) in [5, 5.41) is 1.22. The van der Waals surface area contributed by atoms with Crippen LogP contribution in [0.15, 0.2) is 36.4 Å². The first-order valence-electron chi connectivity index (χ1n) is 8.92. The number of anilines is 1. The molecule has 150 valence electrons. The van der Waals surface area contributed by atoms with Crippen molar-refractivity contribution in [3.8, 4) is 10.6 Å². The van der Waals surface area contributed by atoms with E-state index in [1.54, 1.807) is 0 Å². The third-order valence-corrected chi connectivity index (χ3v) is 5.68. The number of aromatic nitrogens is 1. The first-order chi connectivity index (χ1) is 13.2. The Morgan fingerprint density at radius 1 is 0.964 bits per heavy atom. The molecule has 0 saturated carbocycles. The van der Waals surface area contributed by atoms with Gasteiger partial charge in [-0.3, -0.25) is 0 Å². The second-order valence-electron chi connectivity index (χ2n) is 6.84. The summed E-state index contributed by atoms with van der Waals surface area (Å²) in [6, 6.07) is 13.2. The average Bonchev–Trinajstić information content (AvgIpc) is 2.64. The number of halogens is 1. The zero-order chi connectivity index (χ0) is 20.3. The van der Waals surface area contributed by atoms with Gasteiger partial charge in [-0.2, -0.15) is 0 Å². The molecule has 2 aliphatic heterocycles. The zero-order valence-corrected chi connectivity index (χ0v) is 17.3. The van der Waals surface area contributed by atoms with Crippen LogP contribution in [0.2, 0.25) is 0 Å². The van der Waals surface area contributed by atoms with E-state index in [1.807, 2.05) is 11.3 Å². The van der Waals surface area contributed by atoms with Crippen LogP contribution in [0.25, 0.3) is 20.8 Å². The highest BCUT2D eigenvalue weighted by molar-refractivity contribution is 7.21. The Morgan fingerprint density at radius 3 is 2.29 bits per heavy atom. The van der Waals surface area contributed by atoms with Crippen LogP contribution in [0.5, 0.6) is 0 Å². The highest BCUT2D eigenvalue weighted by Crippen LogP contribution is 2.32. The summed E-state index contributed by atoms with van der Waals surface area (Å²) in [5.41, 5.74) is 3.53. The summed E-state index contributed by atoms with van der Waals surface area (Å²) >= 11 is 1.85. The quantitative estimate of drug-likeness (QED) is 0.354. The number of piperidine rings is 1. The first kappa shape index (κ1) is 20.9. The number of nitrogens with zero attached hydrogens (tertiary/aromatic N) is 3. The lowest BCUT2D eigenvalue weighted by molar-refractivity contribution is -2.00. The molecule has 4 rings (SSSR count). The predicted molar refractivity (Wildman–Crippen MR) is 99.4 cm³/mol. The van der Waals surface area contributed by atoms with Gasteiger partial charge in [0.15, 0.2) is 0 Å². The fourth-order valence-corrected chi connectivity index (χ4v) is 4.26. The van der Waals surface area contributed by atoms with Crippen molar-refractivity contribution >= 4 is 27.2 Å². The normalized spacial score (nSPS) is 14.7. The minimum absolute atomic E-state index is 1.08. The first-order valence-corrected chi connectivity index (χ1v) is 11.0. The SMILES string of the molecule is C[N+](C)=c1ccc2nc3ccc(N4CCCCC4)cc3sc-2c1.[O-][Cl+3]([O-])([O-])[O-]. The van der Waals surface area contributed by atoms with Gasteiger partial charge in [0.2, 0.25) is 5.36 Å². The van der Waals surface area contributed by atoms with Crippen LogP contribution < -0.4 is 33.5 Å². The smallest absolute Gasteiger partial charge is 0.201 e. The van der Waals surface area contributed by atoms with E-state index in [-0.39, 0.29) is 0 Å². The Balaban J connectivity index is 0.000000403. The molecular formula is C19H22ClN3O4S. The molecule has 0 amide bonds. The van der Waals surface area contributed by atoms with E-state index in [0.717, 1.165) is 11.2 Å². The van der Waals surface area contributed by atoms with Gasteiger partial charge in [0.1, 0.15) is 14.1 Å². The molecular weight excluding hydrogens is 402 g/mol. The van der Waals surface area contributed by atoms with E-state index in [0.29, 0.717) is 0 Å².